The fourth-order valence-electron chi connectivity index (χ4n) is 1.54. The molecule has 0 spiro atoms. The van der Waals surface area contributed by atoms with E-state index >= 15 is 0 Å². The summed E-state index contributed by atoms with van der Waals surface area (Å²) in [6, 6.07) is 7.22. The summed E-state index contributed by atoms with van der Waals surface area (Å²) in [5, 5.41) is 4.16. The first-order chi connectivity index (χ1) is 8.19. The fourth-order valence-corrected chi connectivity index (χ4v) is 2.78. The average molecular weight is 269 g/mol. The van der Waals surface area contributed by atoms with Crippen molar-refractivity contribution in [3.63, 3.8) is 0 Å². The molecule has 1 aromatic carbocycles. The molecule has 0 aliphatic carbocycles. The number of hydrogen-bond acceptors (Lipinski definition) is 3. The number of nitrogens with zero attached hydrogens (tertiary/aromatic N) is 1. The van der Waals surface area contributed by atoms with Crippen LogP contribution in [0.4, 0.5) is 5.69 Å². The van der Waals surface area contributed by atoms with Crippen LogP contribution in [0.5, 0.6) is 0 Å². The molecule has 1 atom stereocenters. The van der Waals surface area contributed by atoms with Gasteiger partial charge in [-0.25, -0.2) is 4.99 Å². The van der Waals surface area contributed by atoms with E-state index in [0.717, 1.165) is 18.5 Å². The van der Waals surface area contributed by atoms with Gasteiger partial charge in [-0.15, -0.1) is 0 Å². The predicted octanol–water partition coefficient (Wildman–Crippen LogP) is 3.36. The number of benzene rings is 1. The summed E-state index contributed by atoms with van der Waals surface area (Å²) in [4.78, 5) is 16.0. The zero-order valence-corrected chi connectivity index (χ0v) is 11.0. The lowest BCUT2D eigenvalue weighted by Gasteiger charge is -1.99. The van der Waals surface area contributed by atoms with Crippen molar-refractivity contribution >= 4 is 40.1 Å². The van der Waals surface area contributed by atoms with Crippen LogP contribution >= 0.6 is 23.4 Å². The summed E-state index contributed by atoms with van der Waals surface area (Å²) in [5.41, 5.74) is 0.800. The third kappa shape index (κ3) is 3.23. The molecule has 90 valence electrons. The third-order valence-corrected chi connectivity index (χ3v) is 3.79. The minimum Gasteiger partial charge on any atom is -0.304 e. The standard InChI is InChI=1S/C12H13ClN2OS/c1-2-3-10-11(16)15-12(17-10)14-9-6-4-8(13)5-7-9/h4-7,10H,2-3H2,1H3,(H,14,15,16). The van der Waals surface area contributed by atoms with Crippen molar-refractivity contribution in [2.75, 3.05) is 0 Å². The molecule has 1 aromatic rings. The molecule has 2 rings (SSSR count). The minimum absolute atomic E-state index is 0.00560. The number of aliphatic imine (C=N–C) groups is 1. The van der Waals surface area contributed by atoms with Crippen LogP contribution < -0.4 is 5.32 Å². The van der Waals surface area contributed by atoms with Crippen molar-refractivity contribution < 1.29 is 4.79 Å². The van der Waals surface area contributed by atoms with Crippen molar-refractivity contribution in [2.45, 2.75) is 25.0 Å². The third-order valence-electron chi connectivity index (χ3n) is 2.38. The highest BCUT2D eigenvalue weighted by Gasteiger charge is 2.29. The molecule has 0 bridgehead atoms. The van der Waals surface area contributed by atoms with Crippen LogP contribution in [0, 0.1) is 0 Å². The minimum atomic E-state index is 0.00560. The number of carbonyl (C=O) groups excluding carboxylic acids is 1. The van der Waals surface area contributed by atoms with E-state index in [2.05, 4.69) is 17.2 Å². The number of carbonyl (C=O) groups is 1. The van der Waals surface area contributed by atoms with Crippen molar-refractivity contribution in [3.8, 4) is 0 Å². The van der Waals surface area contributed by atoms with Gasteiger partial charge in [-0.2, -0.15) is 0 Å². The molecule has 1 amide bonds. The van der Waals surface area contributed by atoms with Gasteiger partial charge in [-0.1, -0.05) is 36.7 Å². The summed E-state index contributed by atoms with van der Waals surface area (Å²) in [5.74, 6) is 0.0598. The van der Waals surface area contributed by atoms with Gasteiger partial charge in [0.15, 0.2) is 5.17 Å². The van der Waals surface area contributed by atoms with Crippen LogP contribution in [0.2, 0.25) is 5.02 Å². The van der Waals surface area contributed by atoms with Gasteiger partial charge in [0.25, 0.3) is 0 Å². The Kier molecular flexibility index (Phi) is 4.07. The lowest BCUT2D eigenvalue weighted by molar-refractivity contribution is -0.118. The molecular formula is C12H13ClN2OS. The van der Waals surface area contributed by atoms with E-state index in [1.165, 1.54) is 11.8 Å². The van der Waals surface area contributed by atoms with E-state index in [-0.39, 0.29) is 11.2 Å². The van der Waals surface area contributed by atoms with Crippen LogP contribution in [0.1, 0.15) is 19.8 Å². The molecule has 1 aliphatic rings. The molecular weight excluding hydrogens is 256 g/mol. The van der Waals surface area contributed by atoms with Crippen LogP contribution in [0.15, 0.2) is 29.3 Å². The lowest BCUT2D eigenvalue weighted by Crippen LogP contribution is -2.24. The molecule has 1 heterocycles. The van der Waals surface area contributed by atoms with Crippen molar-refractivity contribution in [2.24, 2.45) is 4.99 Å². The molecule has 5 heteroatoms. The summed E-state index contributed by atoms with van der Waals surface area (Å²) >= 11 is 7.29. The van der Waals surface area contributed by atoms with Crippen LogP contribution in [0.3, 0.4) is 0 Å². The van der Waals surface area contributed by atoms with Crippen LogP contribution in [-0.2, 0) is 4.79 Å². The smallest absolute Gasteiger partial charge is 0.239 e. The van der Waals surface area contributed by atoms with E-state index in [1.807, 2.05) is 12.1 Å². The SMILES string of the molecule is CCCC1SC(=Nc2ccc(Cl)cc2)NC1=O. The highest BCUT2D eigenvalue weighted by molar-refractivity contribution is 8.15. The van der Waals surface area contributed by atoms with Gasteiger partial charge in [0.05, 0.1) is 10.9 Å². The van der Waals surface area contributed by atoms with Crippen LogP contribution in [-0.4, -0.2) is 16.3 Å². The molecule has 1 aliphatic heterocycles. The van der Waals surface area contributed by atoms with Gasteiger partial charge in [-0.05, 0) is 30.7 Å². The Morgan fingerprint density at radius 1 is 1.41 bits per heavy atom. The Morgan fingerprint density at radius 2 is 2.12 bits per heavy atom. The van der Waals surface area contributed by atoms with E-state index in [4.69, 9.17) is 11.6 Å². The van der Waals surface area contributed by atoms with E-state index < -0.39 is 0 Å². The number of amides is 1. The van der Waals surface area contributed by atoms with E-state index in [0.29, 0.717) is 10.2 Å². The molecule has 0 aromatic heterocycles. The summed E-state index contributed by atoms with van der Waals surface area (Å²) in [6.45, 7) is 2.07. The molecule has 1 fully saturated rings. The second kappa shape index (κ2) is 5.56. The van der Waals surface area contributed by atoms with Crippen molar-refractivity contribution in [1.82, 2.24) is 5.32 Å². The lowest BCUT2D eigenvalue weighted by atomic mass is 10.2. The second-order valence-corrected chi connectivity index (χ2v) is 5.41. The highest BCUT2D eigenvalue weighted by Crippen LogP contribution is 2.26. The molecule has 1 saturated heterocycles. The highest BCUT2D eigenvalue weighted by atomic mass is 35.5. The van der Waals surface area contributed by atoms with Gasteiger partial charge in [0, 0.05) is 5.02 Å². The number of amidine groups is 1. The molecule has 3 nitrogen and oxygen atoms in total. The van der Waals surface area contributed by atoms with Gasteiger partial charge in [0.2, 0.25) is 5.91 Å². The zero-order valence-electron chi connectivity index (χ0n) is 9.44. The van der Waals surface area contributed by atoms with Crippen molar-refractivity contribution in [3.05, 3.63) is 29.3 Å². The molecule has 0 radical (unpaired) electrons. The Bertz CT molecular complexity index is 444. The van der Waals surface area contributed by atoms with Gasteiger partial charge in [0.1, 0.15) is 0 Å². The first kappa shape index (κ1) is 12.5. The van der Waals surface area contributed by atoms with Gasteiger partial charge < -0.3 is 5.32 Å². The number of halogens is 1. The molecule has 0 saturated carbocycles. The normalized spacial score (nSPS) is 21.9. The van der Waals surface area contributed by atoms with Gasteiger partial charge >= 0.3 is 0 Å². The Balaban J connectivity index is 2.09. The second-order valence-electron chi connectivity index (χ2n) is 3.78. The summed E-state index contributed by atoms with van der Waals surface area (Å²) < 4.78 is 0. The predicted molar refractivity (Wildman–Crippen MR) is 73.0 cm³/mol. The largest absolute Gasteiger partial charge is 0.304 e. The maximum atomic E-state index is 11.6. The monoisotopic (exact) mass is 268 g/mol. The summed E-state index contributed by atoms with van der Waals surface area (Å²) in [6.07, 6.45) is 1.88. The average Bonchev–Trinajstić information content (AvgIpc) is 2.63. The number of rotatable bonds is 3. The fraction of sp³-hybridized carbons (Fsp3) is 0.333. The zero-order chi connectivity index (χ0) is 12.3. The topological polar surface area (TPSA) is 41.5 Å². The van der Waals surface area contributed by atoms with Gasteiger partial charge in [-0.3, -0.25) is 4.79 Å². The Morgan fingerprint density at radius 3 is 2.76 bits per heavy atom. The maximum Gasteiger partial charge on any atom is 0.239 e. The van der Waals surface area contributed by atoms with E-state index in [9.17, 15) is 4.79 Å². The van der Waals surface area contributed by atoms with E-state index in [1.54, 1.807) is 12.1 Å². The molecule has 1 unspecified atom stereocenters. The number of thioether (sulfide) groups is 1. The number of hydrogen-bond donors (Lipinski definition) is 1. The quantitative estimate of drug-likeness (QED) is 0.913. The molecule has 1 N–H and O–H groups in total. The Labute approximate surface area is 110 Å². The maximum absolute atomic E-state index is 11.6. The molecule has 17 heavy (non-hydrogen) atoms. The first-order valence-corrected chi connectivity index (χ1v) is 6.76. The first-order valence-electron chi connectivity index (χ1n) is 5.51. The van der Waals surface area contributed by atoms with Crippen molar-refractivity contribution in [1.29, 1.82) is 0 Å². The Hall–Kier alpha value is -1.00. The number of nitrogens with one attached hydrogen (secondary N) is 1. The van der Waals surface area contributed by atoms with Crippen LogP contribution in [0.25, 0.3) is 0 Å². The summed E-state index contributed by atoms with van der Waals surface area (Å²) in [7, 11) is 0.